The molecular weight excluding hydrogens is 392 g/mol. The van der Waals surface area contributed by atoms with Crippen molar-refractivity contribution in [2.24, 2.45) is 0 Å². The van der Waals surface area contributed by atoms with Crippen LogP contribution in [0.4, 0.5) is 11.4 Å². The van der Waals surface area contributed by atoms with E-state index in [9.17, 15) is 19.5 Å². The van der Waals surface area contributed by atoms with Gasteiger partial charge in [0.15, 0.2) is 0 Å². The lowest BCUT2D eigenvalue weighted by atomic mass is 10.1. The number of rotatable bonds is 5. The van der Waals surface area contributed by atoms with Gasteiger partial charge in [-0.3, -0.25) is 9.59 Å². The Hall–Kier alpha value is -3.64. The Kier molecular flexibility index (Phi) is 5.95. The Balaban J connectivity index is 1.88. The molecule has 146 valence electrons. The van der Waals surface area contributed by atoms with Crippen LogP contribution in [0.5, 0.6) is 0 Å². The number of para-hydroxylation sites is 1. The van der Waals surface area contributed by atoms with Crippen molar-refractivity contribution >= 4 is 40.8 Å². The molecule has 0 saturated heterocycles. The van der Waals surface area contributed by atoms with E-state index >= 15 is 0 Å². The van der Waals surface area contributed by atoms with Crippen molar-refractivity contribution in [3.63, 3.8) is 0 Å². The van der Waals surface area contributed by atoms with Crippen LogP contribution in [0.3, 0.4) is 0 Å². The van der Waals surface area contributed by atoms with Gasteiger partial charge < -0.3 is 20.5 Å². The number of hydrogen-bond acceptors (Lipinski definition) is 4. The second-order valence-corrected chi connectivity index (χ2v) is 6.61. The second-order valence-electron chi connectivity index (χ2n) is 6.20. The van der Waals surface area contributed by atoms with Gasteiger partial charge in [-0.1, -0.05) is 48.0 Å². The summed E-state index contributed by atoms with van der Waals surface area (Å²) in [6.45, 7) is 1.78. The van der Waals surface area contributed by atoms with Crippen LogP contribution >= 0.6 is 11.6 Å². The minimum absolute atomic E-state index is 0.0617. The van der Waals surface area contributed by atoms with Crippen LogP contribution in [0.15, 0.2) is 66.7 Å². The van der Waals surface area contributed by atoms with Crippen LogP contribution in [-0.4, -0.2) is 17.8 Å². The highest BCUT2D eigenvalue weighted by Crippen LogP contribution is 2.25. The van der Waals surface area contributed by atoms with Gasteiger partial charge in [-0.25, -0.2) is 0 Å². The lowest BCUT2D eigenvalue weighted by Crippen LogP contribution is -2.27. The van der Waals surface area contributed by atoms with E-state index in [1.54, 1.807) is 55.5 Å². The molecule has 0 aromatic heterocycles. The first-order chi connectivity index (χ1) is 13.9. The maximum absolute atomic E-state index is 12.8. The van der Waals surface area contributed by atoms with Crippen molar-refractivity contribution in [2.75, 3.05) is 10.6 Å². The Bertz CT molecular complexity index is 1110. The summed E-state index contributed by atoms with van der Waals surface area (Å²) in [4.78, 5) is 36.7. The van der Waals surface area contributed by atoms with Gasteiger partial charge in [0.25, 0.3) is 11.8 Å². The first-order valence-corrected chi connectivity index (χ1v) is 9.03. The molecule has 3 aromatic rings. The number of carbonyl (C=O) groups is 3. The van der Waals surface area contributed by atoms with Gasteiger partial charge in [0.05, 0.1) is 17.2 Å². The fraction of sp³-hybridized carbons (Fsp3) is 0.0455. The summed E-state index contributed by atoms with van der Waals surface area (Å²) in [6.07, 6.45) is 0. The molecule has 0 saturated carbocycles. The number of nitrogens with one attached hydrogen (secondary N) is 2. The lowest BCUT2D eigenvalue weighted by Gasteiger charge is -2.14. The van der Waals surface area contributed by atoms with Gasteiger partial charge in [-0.05, 0) is 42.8 Å². The maximum Gasteiger partial charge on any atom is 0.257 e. The van der Waals surface area contributed by atoms with Crippen LogP contribution in [0.1, 0.15) is 36.6 Å². The normalized spacial score (nSPS) is 10.3. The first-order valence-electron chi connectivity index (χ1n) is 8.65. The molecular formula is C22H16ClN2O4-. The SMILES string of the molecule is Cc1c(Cl)cccc1NC(=O)c1ccccc1NC(=O)c1ccccc1C(=O)[O-]. The van der Waals surface area contributed by atoms with E-state index in [1.807, 2.05) is 0 Å². The van der Waals surface area contributed by atoms with Gasteiger partial charge in [0, 0.05) is 21.8 Å². The predicted octanol–water partition coefficient (Wildman–Crippen LogP) is 3.52. The summed E-state index contributed by atoms with van der Waals surface area (Å²) in [5, 5.41) is 17.1. The molecule has 3 rings (SSSR count). The molecule has 0 bridgehead atoms. The third kappa shape index (κ3) is 4.44. The Labute approximate surface area is 172 Å². The highest BCUT2D eigenvalue weighted by molar-refractivity contribution is 6.31. The van der Waals surface area contributed by atoms with E-state index in [0.717, 1.165) is 0 Å². The highest BCUT2D eigenvalue weighted by atomic mass is 35.5. The van der Waals surface area contributed by atoms with Crippen LogP contribution in [0.2, 0.25) is 5.02 Å². The second kappa shape index (κ2) is 8.58. The van der Waals surface area contributed by atoms with E-state index in [-0.39, 0.29) is 22.4 Å². The summed E-state index contributed by atoms with van der Waals surface area (Å²) in [5.74, 6) is -2.57. The molecule has 0 spiro atoms. The van der Waals surface area contributed by atoms with Crippen molar-refractivity contribution < 1.29 is 19.5 Å². The van der Waals surface area contributed by atoms with E-state index in [4.69, 9.17) is 11.6 Å². The van der Waals surface area contributed by atoms with E-state index in [2.05, 4.69) is 10.6 Å². The number of carboxylic acid groups (broad SMARTS) is 1. The lowest BCUT2D eigenvalue weighted by molar-refractivity contribution is -0.255. The molecule has 0 aliphatic carbocycles. The standard InChI is InChI=1S/C22H17ClN2O4/c1-13-17(23)10-6-12-18(13)24-21(27)16-9-4-5-11-19(16)25-20(26)14-7-2-3-8-15(14)22(28)29/h2-12H,1H3,(H,24,27)(H,25,26)(H,28,29)/p-1. The molecule has 29 heavy (non-hydrogen) atoms. The zero-order valence-electron chi connectivity index (χ0n) is 15.4. The fourth-order valence-electron chi connectivity index (χ4n) is 2.77. The molecule has 0 unspecified atom stereocenters. The van der Waals surface area contributed by atoms with Gasteiger partial charge in [-0.15, -0.1) is 0 Å². The topological polar surface area (TPSA) is 98.3 Å². The predicted molar refractivity (Wildman–Crippen MR) is 109 cm³/mol. The molecule has 0 atom stereocenters. The van der Waals surface area contributed by atoms with Crippen LogP contribution in [0, 0.1) is 6.92 Å². The minimum Gasteiger partial charge on any atom is -0.545 e. The van der Waals surface area contributed by atoms with Gasteiger partial charge in [0.2, 0.25) is 0 Å². The molecule has 2 amide bonds. The van der Waals surface area contributed by atoms with E-state index in [0.29, 0.717) is 16.3 Å². The zero-order valence-corrected chi connectivity index (χ0v) is 16.1. The summed E-state index contributed by atoms with van der Waals surface area (Å²) >= 11 is 6.09. The van der Waals surface area contributed by atoms with Crippen molar-refractivity contribution in [1.29, 1.82) is 0 Å². The number of amides is 2. The average Bonchev–Trinajstić information content (AvgIpc) is 2.71. The minimum atomic E-state index is -1.46. The summed E-state index contributed by atoms with van der Waals surface area (Å²) in [6, 6.07) is 17.3. The molecule has 0 fully saturated rings. The largest absolute Gasteiger partial charge is 0.545 e. The first kappa shape index (κ1) is 20.1. The molecule has 0 aliphatic heterocycles. The molecule has 0 radical (unpaired) electrons. The number of aromatic carboxylic acids is 1. The average molecular weight is 408 g/mol. The van der Waals surface area contributed by atoms with Crippen molar-refractivity contribution in [1.82, 2.24) is 0 Å². The third-order valence-electron chi connectivity index (χ3n) is 4.33. The monoisotopic (exact) mass is 407 g/mol. The number of anilines is 2. The van der Waals surface area contributed by atoms with Crippen LogP contribution in [0.25, 0.3) is 0 Å². The summed E-state index contributed by atoms with van der Waals surface area (Å²) in [7, 11) is 0. The summed E-state index contributed by atoms with van der Waals surface area (Å²) < 4.78 is 0. The van der Waals surface area contributed by atoms with Crippen molar-refractivity contribution in [3.05, 3.63) is 94.0 Å². The number of halogens is 1. The number of benzene rings is 3. The van der Waals surface area contributed by atoms with Crippen molar-refractivity contribution in [2.45, 2.75) is 6.92 Å². The number of carbonyl (C=O) groups excluding carboxylic acids is 3. The molecule has 2 N–H and O–H groups in total. The van der Waals surface area contributed by atoms with Gasteiger partial charge in [-0.2, -0.15) is 0 Å². The Morgan fingerprint density at radius 3 is 1.93 bits per heavy atom. The summed E-state index contributed by atoms with van der Waals surface area (Å²) in [5.41, 5.74) is 1.42. The fourth-order valence-corrected chi connectivity index (χ4v) is 2.95. The number of carboxylic acids is 1. The van der Waals surface area contributed by atoms with Gasteiger partial charge in [0.1, 0.15) is 0 Å². The van der Waals surface area contributed by atoms with E-state index in [1.165, 1.54) is 18.2 Å². The highest BCUT2D eigenvalue weighted by Gasteiger charge is 2.17. The molecule has 7 heteroatoms. The quantitative estimate of drug-likeness (QED) is 0.676. The third-order valence-corrected chi connectivity index (χ3v) is 4.74. The smallest absolute Gasteiger partial charge is 0.257 e. The molecule has 0 heterocycles. The molecule has 3 aromatic carbocycles. The van der Waals surface area contributed by atoms with E-state index < -0.39 is 17.8 Å². The maximum atomic E-state index is 12.8. The van der Waals surface area contributed by atoms with Crippen LogP contribution < -0.4 is 15.7 Å². The number of hydrogen-bond donors (Lipinski definition) is 2. The molecule has 0 aliphatic rings. The zero-order chi connectivity index (χ0) is 21.0. The Morgan fingerprint density at radius 2 is 1.24 bits per heavy atom. The van der Waals surface area contributed by atoms with Crippen molar-refractivity contribution in [3.8, 4) is 0 Å². The Morgan fingerprint density at radius 1 is 0.724 bits per heavy atom. The van der Waals surface area contributed by atoms with Crippen LogP contribution in [-0.2, 0) is 0 Å². The molecule has 6 nitrogen and oxygen atoms in total. The van der Waals surface area contributed by atoms with Gasteiger partial charge >= 0.3 is 0 Å².